The lowest BCUT2D eigenvalue weighted by Gasteiger charge is -1.99. The van der Waals surface area contributed by atoms with Gasteiger partial charge in [0.2, 0.25) is 5.75 Å². The van der Waals surface area contributed by atoms with Gasteiger partial charge in [0.25, 0.3) is 0 Å². The van der Waals surface area contributed by atoms with Crippen molar-refractivity contribution in [2.24, 2.45) is 0 Å². The van der Waals surface area contributed by atoms with E-state index in [4.69, 9.17) is 4.42 Å². The molecule has 0 radical (unpaired) electrons. The summed E-state index contributed by atoms with van der Waals surface area (Å²) in [6, 6.07) is 9.97. The minimum Gasteiger partial charge on any atom is -1.00 e. The van der Waals surface area contributed by atoms with Gasteiger partial charge in [-0.05, 0) is 24.3 Å². The Bertz CT molecular complexity index is 799. The molecule has 0 saturated heterocycles. The van der Waals surface area contributed by atoms with Crippen LogP contribution in [0.1, 0.15) is 0 Å². The third kappa shape index (κ3) is 2.64. The zero-order chi connectivity index (χ0) is 14.3. The Morgan fingerprint density at radius 2 is 1.38 bits per heavy atom. The number of hydrogen-bond donors (Lipinski definition) is 4. The number of aromatic hydroxyl groups is 4. The maximum Gasteiger partial charge on any atom is 0.401 e. The number of phenols is 3. The Labute approximate surface area is 125 Å². The standard InChI is InChI=1S/C15H10O5.ClH/c16-9-3-1-8(2-4-9)15-13(19)7-11-12(18)5-10(17)6-14(11)20-15;/h1-7H,(H3-,16,17,18,19);1H. The molecule has 4 N–H and O–H groups in total. The lowest BCUT2D eigenvalue weighted by molar-refractivity contribution is -0.00000851. The summed E-state index contributed by atoms with van der Waals surface area (Å²) in [4.78, 5) is 0. The molecule has 0 bridgehead atoms. The molecule has 0 fully saturated rings. The molecule has 1 aromatic heterocycles. The second-order valence-electron chi connectivity index (χ2n) is 4.38. The van der Waals surface area contributed by atoms with Gasteiger partial charge in [-0.1, -0.05) is 0 Å². The molecule has 0 aliphatic heterocycles. The van der Waals surface area contributed by atoms with Gasteiger partial charge in [0, 0.05) is 12.1 Å². The molecule has 0 spiro atoms. The molecule has 21 heavy (non-hydrogen) atoms. The third-order valence-corrected chi connectivity index (χ3v) is 2.96. The van der Waals surface area contributed by atoms with E-state index >= 15 is 0 Å². The van der Waals surface area contributed by atoms with Gasteiger partial charge in [0.05, 0.1) is 11.6 Å². The average Bonchev–Trinajstić information content (AvgIpc) is 2.40. The van der Waals surface area contributed by atoms with Crippen LogP contribution in [-0.2, 0) is 0 Å². The molecule has 0 aliphatic rings. The monoisotopic (exact) mass is 306 g/mol. The van der Waals surface area contributed by atoms with Crippen LogP contribution in [0.3, 0.4) is 0 Å². The van der Waals surface area contributed by atoms with E-state index in [1.165, 1.54) is 24.3 Å². The van der Waals surface area contributed by atoms with Crippen molar-refractivity contribution in [3.63, 3.8) is 0 Å². The highest BCUT2D eigenvalue weighted by Crippen LogP contribution is 2.38. The Kier molecular flexibility index (Phi) is 3.78. The predicted octanol–water partition coefficient (Wildman–Crippen LogP) is 0.207. The normalized spacial score (nSPS) is 10.3. The molecule has 0 atom stereocenters. The van der Waals surface area contributed by atoms with Crippen LogP contribution in [0.2, 0.25) is 0 Å². The molecule has 5 nitrogen and oxygen atoms in total. The van der Waals surface area contributed by atoms with Crippen LogP contribution in [0.5, 0.6) is 23.0 Å². The maximum atomic E-state index is 10.00. The zero-order valence-electron chi connectivity index (χ0n) is 10.6. The van der Waals surface area contributed by atoms with Gasteiger partial charge in [-0.25, -0.2) is 4.42 Å². The van der Waals surface area contributed by atoms with Crippen LogP contribution in [0.15, 0.2) is 46.9 Å². The van der Waals surface area contributed by atoms with Gasteiger partial charge >= 0.3 is 11.3 Å². The van der Waals surface area contributed by atoms with Crippen molar-refractivity contribution in [2.45, 2.75) is 0 Å². The summed E-state index contributed by atoms with van der Waals surface area (Å²) in [5.74, 6) is -0.187. The Morgan fingerprint density at radius 3 is 2.05 bits per heavy atom. The van der Waals surface area contributed by atoms with E-state index in [2.05, 4.69) is 0 Å². The van der Waals surface area contributed by atoms with Gasteiger partial charge < -0.3 is 32.8 Å². The van der Waals surface area contributed by atoms with Crippen LogP contribution in [0.4, 0.5) is 0 Å². The van der Waals surface area contributed by atoms with Crippen molar-refractivity contribution in [1.82, 2.24) is 0 Å². The summed E-state index contributed by atoms with van der Waals surface area (Å²) in [7, 11) is 0. The summed E-state index contributed by atoms with van der Waals surface area (Å²) in [6.07, 6.45) is 0. The van der Waals surface area contributed by atoms with Gasteiger partial charge in [0.15, 0.2) is 0 Å². The second-order valence-corrected chi connectivity index (χ2v) is 4.38. The van der Waals surface area contributed by atoms with Crippen LogP contribution in [0, 0.1) is 0 Å². The van der Waals surface area contributed by atoms with E-state index < -0.39 is 0 Å². The Morgan fingerprint density at radius 1 is 0.714 bits per heavy atom. The Hall–Kier alpha value is -2.66. The SMILES string of the molecule is Oc1ccc(-c2[o+]c3cc(O)cc(O)c3cc2O)cc1.[Cl-]. The van der Waals surface area contributed by atoms with E-state index in [9.17, 15) is 20.4 Å². The van der Waals surface area contributed by atoms with E-state index in [1.807, 2.05) is 0 Å². The van der Waals surface area contributed by atoms with Gasteiger partial charge in [-0.3, -0.25) is 0 Å². The van der Waals surface area contributed by atoms with Crippen molar-refractivity contribution in [3.8, 4) is 34.3 Å². The van der Waals surface area contributed by atoms with E-state index in [-0.39, 0.29) is 46.7 Å². The fourth-order valence-electron chi connectivity index (χ4n) is 2.01. The molecule has 3 aromatic rings. The van der Waals surface area contributed by atoms with Gasteiger partial charge in [0.1, 0.15) is 22.6 Å². The molecule has 108 valence electrons. The molecule has 0 aliphatic carbocycles. The van der Waals surface area contributed by atoms with Gasteiger partial charge in [-0.2, -0.15) is 0 Å². The van der Waals surface area contributed by atoms with Crippen LogP contribution in [0.25, 0.3) is 22.3 Å². The smallest absolute Gasteiger partial charge is 0.401 e. The molecule has 1 heterocycles. The zero-order valence-corrected chi connectivity index (χ0v) is 11.4. The molecule has 0 saturated carbocycles. The number of hydrogen-bond acceptors (Lipinski definition) is 4. The molecule has 3 rings (SSSR count). The number of benzene rings is 2. The van der Waals surface area contributed by atoms with E-state index in [0.29, 0.717) is 10.9 Å². The highest BCUT2D eigenvalue weighted by Gasteiger charge is 2.23. The number of halogens is 1. The maximum absolute atomic E-state index is 10.00. The predicted molar refractivity (Wildman–Crippen MR) is 72.7 cm³/mol. The summed E-state index contributed by atoms with van der Waals surface area (Å²) >= 11 is 0. The summed E-state index contributed by atoms with van der Waals surface area (Å²) < 4.78 is 5.53. The largest absolute Gasteiger partial charge is 1.00 e. The number of rotatable bonds is 1. The first-order valence-corrected chi connectivity index (χ1v) is 5.86. The second kappa shape index (κ2) is 5.38. The molecule has 6 heteroatoms. The molecule has 2 aromatic carbocycles. The van der Waals surface area contributed by atoms with E-state index in [1.54, 1.807) is 12.1 Å². The lowest BCUT2D eigenvalue weighted by atomic mass is 10.1. The topological polar surface area (TPSA) is 92.2 Å². The quantitative estimate of drug-likeness (QED) is 0.482. The molecular formula is C15H11ClO5. The van der Waals surface area contributed by atoms with Gasteiger partial charge in [-0.15, -0.1) is 0 Å². The van der Waals surface area contributed by atoms with Crippen molar-refractivity contribution >= 4 is 11.0 Å². The summed E-state index contributed by atoms with van der Waals surface area (Å²) in [6.45, 7) is 0. The van der Waals surface area contributed by atoms with Crippen molar-refractivity contribution in [1.29, 1.82) is 0 Å². The van der Waals surface area contributed by atoms with Crippen molar-refractivity contribution in [3.05, 3.63) is 42.5 Å². The summed E-state index contributed by atoms with van der Waals surface area (Å²) in [5, 5.41) is 38.7. The van der Waals surface area contributed by atoms with Crippen LogP contribution < -0.4 is 12.4 Å². The minimum atomic E-state index is -0.184. The van der Waals surface area contributed by atoms with Crippen LogP contribution in [-0.4, -0.2) is 20.4 Å². The van der Waals surface area contributed by atoms with Crippen molar-refractivity contribution in [2.75, 3.05) is 0 Å². The first-order valence-electron chi connectivity index (χ1n) is 5.86. The number of phenolic OH excluding ortho intramolecular Hbond substituents is 3. The highest BCUT2D eigenvalue weighted by molar-refractivity contribution is 5.88. The van der Waals surface area contributed by atoms with E-state index in [0.717, 1.165) is 6.07 Å². The third-order valence-electron chi connectivity index (χ3n) is 2.96. The lowest BCUT2D eigenvalue weighted by Crippen LogP contribution is -3.00. The van der Waals surface area contributed by atoms with Crippen LogP contribution >= 0.6 is 0 Å². The fraction of sp³-hybridized carbons (Fsp3) is 0. The molecular weight excluding hydrogens is 296 g/mol. The Balaban J connectivity index is 0.00000161. The summed E-state index contributed by atoms with van der Waals surface area (Å²) in [5.41, 5.74) is 0.799. The first-order chi connectivity index (χ1) is 9.54. The fourth-order valence-corrected chi connectivity index (χ4v) is 2.01. The molecule has 0 unspecified atom stereocenters. The minimum absolute atomic E-state index is 0. The average molecular weight is 307 g/mol. The van der Waals surface area contributed by atoms with Crippen molar-refractivity contribution < 1.29 is 37.3 Å². The first kappa shape index (κ1) is 14.7. The number of fused-ring (bicyclic) bond motifs is 1. The molecule has 0 amide bonds. The highest BCUT2D eigenvalue weighted by atomic mass is 35.5.